The quantitative estimate of drug-likeness (QED) is 0.714. The van der Waals surface area contributed by atoms with Crippen molar-refractivity contribution in [2.45, 2.75) is 6.54 Å². The average Bonchev–Trinajstić information content (AvgIpc) is 2.74. The Labute approximate surface area is 163 Å². The van der Waals surface area contributed by atoms with E-state index in [1.54, 1.807) is 49.4 Å². The highest BCUT2D eigenvalue weighted by Crippen LogP contribution is 2.17. The van der Waals surface area contributed by atoms with Gasteiger partial charge >= 0.3 is 0 Å². The van der Waals surface area contributed by atoms with Crippen LogP contribution >= 0.6 is 0 Å². The monoisotopic (exact) mass is 375 g/mol. The zero-order valence-electron chi connectivity index (χ0n) is 15.8. The Morgan fingerprint density at radius 3 is 2.57 bits per heavy atom. The molecule has 142 valence electrons. The molecule has 0 fully saturated rings. The number of hydrogen-bond acceptors (Lipinski definition) is 4. The number of methoxy groups -OCH3 is 1. The third kappa shape index (κ3) is 4.73. The lowest BCUT2D eigenvalue weighted by Gasteiger charge is -2.17. The second kappa shape index (κ2) is 8.81. The molecule has 1 N–H and O–H groups in total. The molecular formula is C22H21N3O3. The van der Waals surface area contributed by atoms with Gasteiger partial charge in [-0.1, -0.05) is 36.4 Å². The summed E-state index contributed by atoms with van der Waals surface area (Å²) in [5.41, 5.74) is 2.19. The number of carbonyl (C=O) groups is 2. The minimum absolute atomic E-state index is 0.168. The van der Waals surface area contributed by atoms with Gasteiger partial charge in [-0.3, -0.25) is 14.6 Å². The Morgan fingerprint density at radius 1 is 1.04 bits per heavy atom. The second-order valence-corrected chi connectivity index (χ2v) is 6.26. The summed E-state index contributed by atoms with van der Waals surface area (Å²) in [6.07, 6.45) is 1.46. The van der Waals surface area contributed by atoms with E-state index in [4.69, 9.17) is 4.74 Å². The molecule has 1 aromatic heterocycles. The molecule has 28 heavy (non-hydrogen) atoms. The first-order chi connectivity index (χ1) is 13.6. The highest BCUT2D eigenvalue weighted by molar-refractivity contribution is 6.04. The highest BCUT2D eigenvalue weighted by Gasteiger charge is 2.15. The third-order valence-corrected chi connectivity index (χ3v) is 4.18. The number of benzene rings is 2. The Balaban J connectivity index is 1.72. The second-order valence-electron chi connectivity index (χ2n) is 6.26. The molecule has 1 heterocycles. The summed E-state index contributed by atoms with van der Waals surface area (Å²) in [4.78, 5) is 30.9. The number of hydrogen-bond donors (Lipinski definition) is 1. The normalized spacial score (nSPS) is 10.2. The van der Waals surface area contributed by atoms with E-state index in [0.29, 0.717) is 23.5 Å². The zero-order valence-corrected chi connectivity index (χ0v) is 15.8. The van der Waals surface area contributed by atoms with Crippen molar-refractivity contribution >= 4 is 17.5 Å². The number of rotatable bonds is 6. The molecule has 3 rings (SSSR count). The lowest BCUT2D eigenvalue weighted by Crippen LogP contribution is -2.26. The van der Waals surface area contributed by atoms with Gasteiger partial charge in [-0.15, -0.1) is 0 Å². The van der Waals surface area contributed by atoms with Gasteiger partial charge in [-0.05, 0) is 29.8 Å². The summed E-state index contributed by atoms with van der Waals surface area (Å²) in [6.45, 7) is 0.479. The van der Waals surface area contributed by atoms with Crippen LogP contribution in [0.2, 0.25) is 0 Å². The van der Waals surface area contributed by atoms with E-state index in [1.165, 1.54) is 12.3 Å². The van der Waals surface area contributed by atoms with Crippen LogP contribution in [0.25, 0.3) is 0 Å². The topological polar surface area (TPSA) is 71.5 Å². The van der Waals surface area contributed by atoms with Crippen molar-refractivity contribution in [2.75, 3.05) is 19.5 Å². The number of carbonyl (C=O) groups excluding carboxylic acids is 2. The Bertz CT molecular complexity index is 974. The van der Waals surface area contributed by atoms with Crippen LogP contribution in [0, 0.1) is 0 Å². The van der Waals surface area contributed by atoms with Crippen molar-refractivity contribution in [3.63, 3.8) is 0 Å². The summed E-state index contributed by atoms with van der Waals surface area (Å²) >= 11 is 0. The van der Waals surface area contributed by atoms with Gasteiger partial charge in [-0.2, -0.15) is 0 Å². The highest BCUT2D eigenvalue weighted by atomic mass is 16.5. The number of pyridine rings is 1. The molecule has 0 aliphatic heterocycles. The number of anilines is 1. The van der Waals surface area contributed by atoms with Crippen LogP contribution in [0.5, 0.6) is 5.75 Å². The molecule has 0 atom stereocenters. The number of nitrogens with zero attached hydrogens (tertiary/aromatic N) is 2. The first-order valence-electron chi connectivity index (χ1n) is 8.77. The predicted molar refractivity (Wildman–Crippen MR) is 107 cm³/mol. The van der Waals surface area contributed by atoms with E-state index in [1.807, 2.05) is 30.3 Å². The molecular weight excluding hydrogens is 354 g/mol. The van der Waals surface area contributed by atoms with E-state index < -0.39 is 5.91 Å². The van der Waals surface area contributed by atoms with Gasteiger partial charge in [0.25, 0.3) is 11.8 Å². The molecule has 6 heteroatoms. The summed E-state index contributed by atoms with van der Waals surface area (Å²) in [7, 11) is 3.29. The lowest BCUT2D eigenvalue weighted by atomic mass is 10.1. The summed E-state index contributed by atoms with van der Waals surface area (Å²) < 4.78 is 5.15. The van der Waals surface area contributed by atoms with Gasteiger partial charge in [0.15, 0.2) is 0 Å². The number of aromatic nitrogens is 1. The maximum Gasteiger partial charge on any atom is 0.274 e. The molecule has 0 spiro atoms. The van der Waals surface area contributed by atoms with E-state index >= 15 is 0 Å². The summed E-state index contributed by atoms with van der Waals surface area (Å²) in [5, 5.41) is 2.76. The van der Waals surface area contributed by atoms with E-state index in [2.05, 4.69) is 10.3 Å². The minimum atomic E-state index is -0.395. The van der Waals surface area contributed by atoms with Crippen molar-refractivity contribution in [3.8, 4) is 5.75 Å². The van der Waals surface area contributed by atoms with E-state index in [9.17, 15) is 9.59 Å². The standard InChI is InChI=1S/C22H21N3O3/c1-25(15-16-7-4-3-5-8-16)22(27)17-11-12-23-20(13-17)21(26)24-18-9-6-10-19(14-18)28-2/h3-14H,15H2,1-2H3,(H,24,26). The average molecular weight is 375 g/mol. The van der Waals surface area contributed by atoms with Crippen molar-refractivity contribution < 1.29 is 14.3 Å². The fourth-order valence-electron chi connectivity index (χ4n) is 2.73. The predicted octanol–water partition coefficient (Wildman–Crippen LogP) is 3.61. The fourth-order valence-corrected chi connectivity index (χ4v) is 2.73. The Kier molecular flexibility index (Phi) is 6.01. The first-order valence-corrected chi connectivity index (χ1v) is 8.77. The van der Waals surface area contributed by atoms with Gasteiger partial charge in [0.05, 0.1) is 7.11 Å². The van der Waals surface area contributed by atoms with Crippen LogP contribution in [-0.4, -0.2) is 35.9 Å². The molecule has 0 aliphatic carbocycles. The lowest BCUT2D eigenvalue weighted by molar-refractivity contribution is 0.0785. The molecule has 0 radical (unpaired) electrons. The molecule has 6 nitrogen and oxygen atoms in total. The maximum atomic E-state index is 12.7. The Morgan fingerprint density at radius 2 is 1.82 bits per heavy atom. The largest absolute Gasteiger partial charge is 0.497 e. The minimum Gasteiger partial charge on any atom is -0.497 e. The van der Waals surface area contributed by atoms with Crippen LogP contribution < -0.4 is 10.1 Å². The van der Waals surface area contributed by atoms with Crippen molar-refractivity contribution in [3.05, 3.63) is 89.7 Å². The third-order valence-electron chi connectivity index (χ3n) is 4.18. The van der Waals surface area contributed by atoms with Crippen LogP contribution in [0.4, 0.5) is 5.69 Å². The van der Waals surface area contributed by atoms with Crippen LogP contribution in [0.15, 0.2) is 72.9 Å². The number of nitrogens with one attached hydrogen (secondary N) is 1. The van der Waals surface area contributed by atoms with Gasteiger partial charge in [0.2, 0.25) is 0 Å². The van der Waals surface area contributed by atoms with E-state index in [-0.39, 0.29) is 11.6 Å². The molecule has 0 aliphatic rings. The molecule has 0 saturated heterocycles. The fraction of sp³-hybridized carbons (Fsp3) is 0.136. The molecule has 0 unspecified atom stereocenters. The summed E-state index contributed by atoms with van der Waals surface area (Å²) in [6, 6.07) is 19.8. The molecule has 0 bridgehead atoms. The van der Waals surface area contributed by atoms with Crippen LogP contribution in [-0.2, 0) is 6.54 Å². The SMILES string of the molecule is COc1cccc(NC(=O)c2cc(C(=O)N(C)Cc3ccccc3)ccn2)c1. The molecule has 3 aromatic rings. The molecule has 2 aromatic carbocycles. The maximum absolute atomic E-state index is 12.7. The zero-order chi connectivity index (χ0) is 19.9. The van der Waals surface area contributed by atoms with Crippen molar-refractivity contribution in [1.82, 2.24) is 9.88 Å². The summed E-state index contributed by atoms with van der Waals surface area (Å²) in [5.74, 6) is 0.0625. The van der Waals surface area contributed by atoms with Gasteiger partial charge in [-0.25, -0.2) is 0 Å². The first kappa shape index (κ1) is 19.1. The van der Waals surface area contributed by atoms with Crippen LogP contribution in [0.3, 0.4) is 0 Å². The van der Waals surface area contributed by atoms with Gasteiger partial charge in [0.1, 0.15) is 11.4 Å². The van der Waals surface area contributed by atoms with Crippen LogP contribution in [0.1, 0.15) is 26.4 Å². The van der Waals surface area contributed by atoms with Gasteiger partial charge in [0, 0.05) is 37.1 Å². The smallest absolute Gasteiger partial charge is 0.274 e. The molecule has 0 saturated carbocycles. The number of amides is 2. The van der Waals surface area contributed by atoms with Gasteiger partial charge < -0.3 is 15.0 Å². The van der Waals surface area contributed by atoms with Crippen molar-refractivity contribution in [2.24, 2.45) is 0 Å². The van der Waals surface area contributed by atoms with E-state index in [0.717, 1.165) is 5.56 Å². The van der Waals surface area contributed by atoms with Crippen molar-refractivity contribution in [1.29, 1.82) is 0 Å². The molecule has 2 amide bonds. The Hall–Kier alpha value is -3.67. The number of ether oxygens (including phenoxy) is 1.